The second-order valence-electron chi connectivity index (χ2n) is 7.20. The van der Waals surface area contributed by atoms with Gasteiger partial charge in [0, 0.05) is 34.9 Å². The Labute approximate surface area is 169 Å². The summed E-state index contributed by atoms with van der Waals surface area (Å²) in [6.07, 6.45) is 3.50. The number of halogens is 1. The molecule has 6 nitrogen and oxygen atoms in total. The number of anilines is 2. The van der Waals surface area contributed by atoms with Gasteiger partial charge in [-0.05, 0) is 44.8 Å². The van der Waals surface area contributed by atoms with Crippen molar-refractivity contribution >= 4 is 39.7 Å². The van der Waals surface area contributed by atoms with Crippen LogP contribution in [0.25, 0.3) is 27.7 Å². The van der Waals surface area contributed by atoms with Gasteiger partial charge in [-0.15, -0.1) is 0 Å². The lowest BCUT2D eigenvalue weighted by atomic mass is 9.98. The van der Waals surface area contributed by atoms with Crippen molar-refractivity contribution in [1.82, 2.24) is 19.3 Å². The first-order valence-electron chi connectivity index (χ1n) is 9.15. The van der Waals surface area contributed by atoms with Crippen molar-refractivity contribution in [3.8, 4) is 11.1 Å². The molecule has 0 saturated heterocycles. The summed E-state index contributed by atoms with van der Waals surface area (Å²) in [6.45, 7) is 3.81. The number of nitrogens with two attached hydrogens (primary N) is 1. The molecule has 0 saturated carbocycles. The maximum absolute atomic E-state index is 6.59. The molecule has 0 spiro atoms. The van der Waals surface area contributed by atoms with Crippen LogP contribution in [-0.2, 0) is 0 Å². The molecule has 0 radical (unpaired) electrons. The number of nitrogens with zero attached hydrogens (tertiary/aromatic N) is 4. The smallest absolute Gasteiger partial charge is 0.150 e. The van der Waals surface area contributed by atoms with Gasteiger partial charge in [-0.3, -0.25) is 4.40 Å². The van der Waals surface area contributed by atoms with Crippen molar-refractivity contribution in [3.63, 3.8) is 0 Å². The number of benzene rings is 2. The van der Waals surface area contributed by atoms with Crippen molar-refractivity contribution in [2.75, 3.05) is 38.2 Å². The van der Waals surface area contributed by atoms with E-state index < -0.39 is 0 Å². The largest absolute Gasteiger partial charge is 0.384 e. The first kappa shape index (κ1) is 18.5. The zero-order chi connectivity index (χ0) is 19.8. The second-order valence-corrected chi connectivity index (χ2v) is 7.61. The van der Waals surface area contributed by atoms with E-state index in [1.807, 2.05) is 16.5 Å². The first-order chi connectivity index (χ1) is 13.5. The molecule has 3 N–H and O–H groups in total. The molecular formula is C21H23ClN6. The molecule has 144 valence electrons. The number of fused-ring (bicyclic) bond motifs is 3. The summed E-state index contributed by atoms with van der Waals surface area (Å²) in [7, 11) is 4.12. The van der Waals surface area contributed by atoms with E-state index in [4.69, 9.17) is 22.3 Å². The molecule has 0 atom stereocenters. The van der Waals surface area contributed by atoms with Crippen molar-refractivity contribution in [3.05, 3.63) is 53.4 Å². The summed E-state index contributed by atoms with van der Waals surface area (Å²) >= 11 is 6.59. The summed E-state index contributed by atoms with van der Waals surface area (Å²) in [4.78, 5) is 11.1. The van der Waals surface area contributed by atoms with Crippen LogP contribution in [0.4, 0.5) is 11.5 Å². The van der Waals surface area contributed by atoms with Crippen LogP contribution in [0.1, 0.15) is 5.56 Å². The van der Waals surface area contributed by atoms with Crippen molar-refractivity contribution in [2.24, 2.45) is 0 Å². The molecule has 0 aliphatic rings. The lowest BCUT2D eigenvalue weighted by molar-refractivity contribution is 0.425. The van der Waals surface area contributed by atoms with Gasteiger partial charge in [-0.25, -0.2) is 9.97 Å². The molecule has 0 aliphatic heterocycles. The van der Waals surface area contributed by atoms with E-state index in [0.717, 1.165) is 52.0 Å². The predicted molar refractivity (Wildman–Crippen MR) is 117 cm³/mol. The number of imidazole rings is 1. The number of nitrogen functional groups attached to an aromatic ring is 1. The molecule has 0 unspecified atom stereocenters. The molecule has 0 fully saturated rings. The lowest BCUT2D eigenvalue weighted by Crippen LogP contribution is -2.20. The van der Waals surface area contributed by atoms with E-state index in [9.17, 15) is 0 Å². The quantitative estimate of drug-likeness (QED) is 0.534. The summed E-state index contributed by atoms with van der Waals surface area (Å²) < 4.78 is 1.98. The minimum absolute atomic E-state index is 0.448. The van der Waals surface area contributed by atoms with Gasteiger partial charge in [0.25, 0.3) is 0 Å². The van der Waals surface area contributed by atoms with E-state index in [1.54, 1.807) is 12.5 Å². The highest BCUT2D eigenvalue weighted by Gasteiger charge is 2.16. The Bertz CT molecular complexity index is 1140. The third-order valence-electron chi connectivity index (χ3n) is 4.86. The van der Waals surface area contributed by atoms with Crippen LogP contribution in [0, 0.1) is 6.92 Å². The molecule has 7 heteroatoms. The van der Waals surface area contributed by atoms with Gasteiger partial charge in [0.05, 0.1) is 23.6 Å². The maximum Gasteiger partial charge on any atom is 0.150 e. The van der Waals surface area contributed by atoms with E-state index >= 15 is 0 Å². The molecule has 0 amide bonds. The first-order valence-corrected chi connectivity index (χ1v) is 9.53. The average molecular weight is 395 g/mol. The fourth-order valence-electron chi connectivity index (χ4n) is 3.46. The standard InChI is InChI=1S/C21H23ClN6/c1-13-5-4-6-16(22)19(13)15-9-14(25-7-8-27(2)3)10-17-20(15)26-21(23)18-11-24-12-28(17)18/h4-6,9-12,25H,7-8H2,1-3H3,(H2,23,26). The zero-order valence-electron chi connectivity index (χ0n) is 16.2. The molecule has 2 aromatic heterocycles. The van der Waals surface area contributed by atoms with Crippen LogP contribution >= 0.6 is 11.6 Å². The number of nitrogens with one attached hydrogen (secondary N) is 1. The molecular weight excluding hydrogens is 372 g/mol. The Kier molecular flexibility index (Phi) is 4.83. The molecule has 0 aliphatic carbocycles. The van der Waals surface area contributed by atoms with Crippen LogP contribution in [0.2, 0.25) is 5.02 Å². The second kappa shape index (κ2) is 7.30. The highest BCUT2D eigenvalue weighted by atomic mass is 35.5. The van der Waals surface area contributed by atoms with Gasteiger partial charge in [-0.1, -0.05) is 23.7 Å². The number of aromatic nitrogens is 3. The minimum Gasteiger partial charge on any atom is -0.384 e. The van der Waals surface area contributed by atoms with Crippen LogP contribution in [0.15, 0.2) is 42.9 Å². The summed E-state index contributed by atoms with van der Waals surface area (Å²) in [5.41, 5.74) is 12.8. The van der Waals surface area contributed by atoms with Gasteiger partial charge in [0.1, 0.15) is 11.3 Å². The molecule has 4 rings (SSSR count). The van der Waals surface area contributed by atoms with Gasteiger partial charge in [-0.2, -0.15) is 0 Å². The Morgan fingerprint density at radius 3 is 2.79 bits per heavy atom. The number of hydrogen-bond donors (Lipinski definition) is 2. The Balaban J connectivity index is 1.99. The van der Waals surface area contributed by atoms with Crippen molar-refractivity contribution < 1.29 is 0 Å². The van der Waals surface area contributed by atoms with Crippen molar-refractivity contribution in [2.45, 2.75) is 6.92 Å². The molecule has 28 heavy (non-hydrogen) atoms. The summed E-state index contributed by atoms with van der Waals surface area (Å²) in [5.74, 6) is 0.448. The van der Waals surface area contributed by atoms with Gasteiger partial charge in [0.15, 0.2) is 0 Å². The van der Waals surface area contributed by atoms with Crippen LogP contribution < -0.4 is 11.1 Å². The van der Waals surface area contributed by atoms with Crippen LogP contribution in [-0.4, -0.2) is 46.5 Å². The predicted octanol–water partition coefficient (Wildman–Crippen LogP) is 4.07. The molecule has 0 bridgehead atoms. The van der Waals surface area contributed by atoms with E-state index in [1.165, 1.54) is 0 Å². The molecule has 2 heterocycles. The van der Waals surface area contributed by atoms with Crippen LogP contribution in [0.3, 0.4) is 0 Å². The van der Waals surface area contributed by atoms with Crippen LogP contribution in [0.5, 0.6) is 0 Å². The van der Waals surface area contributed by atoms with Gasteiger partial charge < -0.3 is 16.0 Å². The molecule has 4 aromatic rings. The topological polar surface area (TPSA) is 71.5 Å². The zero-order valence-corrected chi connectivity index (χ0v) is 17.0. The highest BCUT2D eigenvalue weighted by Crippen LogP contribution is 2.38. The summed E-state index contributed by atoms with van der Waals surface area (Å²) in [5, 5.41) is 4.20. The number of hydrogen-bond acceptors (Lipinski definition) is 5. The number of rotatable bonds is 5. The fourth-order valence-corrected chi connectivity index (χ4v) is 3.79. The Morgan fingerprint density at radius 1 is 1.21 bits per heavy atom. The van der Waals surface area contributed by atoms with E-state index in [2.05, 4.69) is 54.4 Å². The van der Waals surface area contributed by atoms with Gasteiger partial charge in [0.2, 0.25) is 0 Å². The summed E-state index contributed by atoms with van der Waals surface area (Å²) in [6, 6.07) is 10.1. The maximum atomic E-state index is 6.59. The SMILES string of the molecule is Cc1cccc(Cl)c1-c1cc(NCCN(C)C)cc2c1nc(N)c1cncn12. The van der Waals surface area contributed by atoms with E-state index in [0.29, 0.717) is 10.8 Å². The lowest BCUT2D eigenvalue weighted by Gasteiger charge is -2.17. The number of aryl methyl sites for hydroxylation is 1. The fraction of sp³-hybridized carbons (Fsp3) is 0.238. The molecule has 2 aromatic carbocycles. The Morgan fingerprint density at radius 2 is 2.04 bits per heavy atom. The average Bonchev–Trinajstić information content (AvgIpc) is 3.13. The Hall–Kier alpha value is -2.83. The monoisotopic (exact) mass is 394 g/mol. The van der Waals surface area contributed by atoms with Crippen molar-refractivity contribution in [1.29, 1.82) is 0 Å². The number of likely N-dealkylation sites (N-methyl/N-ethyl adjacent to an activating group) is 1. The van der Waals surface area contributed by atoms with E-state index in [-0.39, 0.29) is 0 Å². The third kappa shape index (κ3) is 3.25. The normalized spacial score (nSPS) is 11.6. The minimum atomic E-state index is 0.448. The highest BCUT2D eigenvalue weighted by molar-refractivity contribution is 6.34. The van der Waals surface area contributed by atoms with Gasteiger partial charge >= 0.3 is 0 Å². The third-order valence-corrected chi connectivity index (χ3v) is 5.18.